The summed E-state index contributed by atoms with van der Waals surface area (Å²) in [5.74, 6) is -0.752. The van der Waals surface area contributed by atoms with Gasteiger partial charge in [-0.15, -0.1) is 0 Å². The van der Waals surface area contributed by atoms with E-state index in [1.54, 1.807) is 0 Å². The molecule has 0 saturated heterocycles. The van der Waals surface area contributed by atoms with Crippen LogP contribution < -0.4 is 0 Å². The zero-order valence-corrected chi connectivity index (χ0v) is 6.22. The van der Waals surface area contributed by atoms with Crippen LogP contribution in [0.4, 0.5) is 17.6 Å². The fraction of sp³-hybridized carbons (Fsp3) is 0.286. The average Bonchev–Trinajstić information content (AvgIpc) is 2.03. The highest BCUT2D eigenvalue weighted by Gasteiger charge is 2.40. The monoisotopic (exact) mass is 195 g/mol. The second kappa shape index (κ2) is 3.29. The smallest absolute Gasteiger partial charge is 0.378 e. The van der Waals surface area contributed by atoms with Gasteiger partial charge in [-0.2, -0.15) is 13.2 Å². The molecule has 1 heterocycles. The summed E-state index contributed by atoms with van der Waals surface area (Å²) < 4.78 is 47.8. The Kier molecular flexibility index (Phi) is 2.51. The van der Waals surface area contributed by atoms with Crippen LogP contribution in [-0.2, 0) is 0 Å². The second-order valence-corrected chi connectivity index (χ2v) is 2.35. The number of aromatic nitrogens is 1. The Morgan fingerprint density at radius 2 is 1.92 bits per heavy atom. The molecule has 72 valence electrons. The van der Waals surface area contributed by atoms with E-state index in [9.17, 15) is 17.6 Å². The Bertz CT molecular complexity index is 282. The molecule has 0 amide bonds. The van der Waals surface area contributed by atoms with Gasteiger partial charge in [0.1, 0.15) is 5.82 Å². The normalized spacial score (nSPS) is 14.2. The van der Waals surface area contributed by atoms with Crippen LogP contribution in [0.2, 0.25) is 0 Å². The minimum Gasteiger partial charge on any atom is -0.378 e. The summed E-state index contributed by atoms with van der Waals surface area (Å²) in [5, 5.41) is 8.64. The van der Waals surface area contributed by atoms with Crippen LogP contribution in [-0.4, -0.2) is 16.3 Å². The molecule has 2 nitrogen and oxygen atoms in total. The lowest BCUT2D eigenvalue weighted by molar-refractivity contribution is -0.208. The lowest BCUT2D eigenvalue weighted by atomic mass is 10.2. The Morgan fingerprint density at radius 3 is 2.31 bits per heavy atom. The van der Waals surface area contributed by atoms with E-state index in [4.69, 9.17) is 5.11 Å². The van der Waals surface area contributed by atoms with Crippen LogP contribution in [0.15, 0.2) is 18.3 Å². The molecule has 0 saturated carbocycles. The van der Waals surface area contributed by atoms with Crippen molar-refractivity contribution in [1.29, 1.82) is 0 Å². The van der Waals surface area contributed by atoms with Crippen molar-refractivity contribution in [2.24, 2.45) is 0 Å². The molecule has 0 aliphatic rings. The first kappa shape index (κ1) is 9.91. The third-order valence-corrected chi connectivity index (χ3v) is 1.34. The Morgan fingerprint density at radius 1 is 1.31 bits per heavy atom. The van der Waals surface area contributed by atoms with Crippen LogP contribution in [0.5, 0.6) is 0 Å². The SMILES string of the molecule is OC(c1ccc(F)cn1)C(F)(F)F. The maximum Gasteiger partial charge on any atom is 0.420 e. The molecule has 0 radical (unpaired) electrons. The van der Waals surface area contributed by atoms with Crippen molar-refractivity contribution < 1.29 is 22.7 Å². The fourth-order valence-electron chi connectivity index (χ4n) is 0.717. The minimum absolute atomic E-state index is 0.615. The first-order valence-electron chi connectivity index (χ1n) is 3.27. The Balaban J connectivity index is 2.90. The molecule has 1 aromatic rings. The standard InChI is InChI=1S/C7H5F4NO/c8-4-1-2-5(12-3-4)6(13)7(9,10)11/h1-3,6,13H. The molecule has 13 heavy (non-hydrogen) atoms. The zero-order valence-electron chi connectivity index (χ0n) is 6.22. The van der Waals surface area contributed by atoms with Gasteiger partial charge in [-0.1, -0.05) is 0 Å². The number of hydrogen-bond donors (Lipinski definition) is 1. The molecule has 0 aliphatic heterocycles. The molecule has 1 aromatic heterocycles. The number of alkyl halides is 3. The molecule has 0 aromatic carbocycles. The number of nitrogens with zero attached hydrogens (tertiary/aromatic N) is 1. The molecule has 1 atom stereocenters. The minimum atomic E-state index is -4.77. The van der Waals surface area contributed by atoms with Gasteiger partial charge >= 0.3 is 6.18 Å². The van der Waals surface area contributed by atoms with E-state index in [0.29, 0.717) is 6.20 Å². The summed E-state index contributed by atoms with van der Waals surface area (Å²) in [6, 6.07) is 1.59. The number of hydrogen-bond acceptors (Lipinski definition) is 2. The van der Waals surface area contributed by atoms with Crippen molar-refractivity contribution >= 4 is 0 Å². The lowest BCUT2D eigenvalue weighted by Crippen LogP contribution is -2.21. The highest BCUT2D eigenvalue weighted by molar-refractivity contribution is 5.09. The topological polar surface area (TPSA) is 33.1 Å². The van der Waals surface area contributed by atoms with Gasteiger partial charge < -0.3 is 5.11 Å². The number of aliphatic hydroxyl groups is 1. The summed E-state index contributed by atoms with van der Waals surface area (Å²) in [4.78, 5) is 3.10. The Labute approximate surface area is 70.8 Å². The summed E-state index contributed by atoms with van der Waals surface area (Å²) in [5.41, 5.74) is -0.617. The van der Waals surface area contributed by atoms with Gasteiger partial charge in [0.25, 0.3) is 0 Å². The van der Waals surface area contributed by atoms with Crippen LogP contribution in [0.1, 0.15) is 11.8 Å². The van der Waals surface area contributed by atoms with Gasteiger partial charge in [-0.3, -0.25) is 4.98 Å². The van der Waals surface area contributed by atoms with Crippen molar-refractivity contribution in [3.05, 3.63) is 29.8 Å². The quantitative estimate of drug-likeness (QED) is 0.693. The van der Waals surface area contributed by atoms with E-state index in [1.165, 1.54) is 0 Å². The highest BCUT2D eigenvalue weighted by Crippen LogP contribution is 2.30. The van der Waals surface area contributed by atoms with Gasteiger partial charge in [-0.25, -0.2) is 4.39 Å². The molecule has 0 fully saturated rings. The average molecular weight is 195 g/mol. The van der Waals surface area contributed by atoms with E-state index in [-0.39, 0.29) is 0 Å². The molecule has 0 bridgehead atoms. The molecule has 1 unspecified atom stereocenters. The predicted molar refractivity (Wildman–Crippen MR) is 35.2 cm³/mol. The largest absolute Gasteiger partial charge is 0.420 e. The lowest BCUT2D eigenvalue weighted by Gasteiger charge is -2.13. The van der Waals surface area contributed by atoms with Gasteiger partial charge in [-0.05, 0) is 12.1 Å². The number of aliphatic hydroxyl groups excluding tert-OH is 1. The Hall–Kier alpha value is -1.17. The number of pyridine rings is 1. The predicted octanol–water partition coefficient (Wildman–Crippen LogP) is 1.82. The van der Waals surface area contributed by atoms with Crippen LogP contribution >= 0.6 is 0 Å². The van der Waals surface area contributed by atoms with Crippen molar-refractivity contribution in [3.8, 4) is 0 Å². The highest BCUT2D eigenvalue weighted by atomic mass is 19.4. The third kappa shape index (κ3) is 2.38. The maximum absolute atomic E-state index is 12.2. The summed E-state index contributed by atoms with van der Waals surface area (Å²) in [6.07, 6.45) is -6.82. The van der Waals surface area contributed by atoms with Crippen molar-refractivity contribution in [2.75, 3.05) is 0 Å². The van der Waals surface area contributed by atoms with Crippen molar-refractivity contribution in [2.45, 2.75) is 12.3 Å². The van der Waals surface area contributed by atoms with Crippen LogP contribution in [0.3, 0.4) is 0 Å². The van der Waals surface area contributed by atoms with Gasteiger partial charge in [0.2, 0.25) is 0 Å². The zero-order chi connectivity index (χ0) is 10.1. The first-order valence-corrected chi connectivity index (χ1v) is 3.27. The molecule has 0 aliphatic carbocycles. The fourth-order valence-corrected chi connectivity index (χ4v) is 0.717. The molecule has 0 spiro atoms. The van der Waals surface area contributed by atoms with E-state index < -0.39 is 23.8 Å². The van der Waals surface area contributed by atoms with E-state index in [0.717, 1.165) is 12.1 Å². The van der Waals surface area contributed by atoms with Gasteiger partial charge in [0, 0.05) is 0 Å². The summed E-state index contributed by atoms with van der Waals surface area (Å²) >= 11 is 0. The van der Waals surface area contributed by atoms with Gasteiger partial charge in [0.05, 0.1) is 11.9 Å². The third-order valence-electron chi connectivity index (χ3n) is 1.34. The summed E-state index contributed by atoms with van der Waals surface area (Å²) in [7, 11) is 0. The van der Waals surface area contributed by atoms with Crippen LogP contribution in [0, 0.1) is 5.82 Å². The first-order chi connectivity index (χ1) is 5.91. The molecule has 1 rings (SSSR count). The summed E-state index contributed by atoms with van der Waals surface area (Å²) in [6.45, 7) is 0. The number of halogens is 4. The van der Waals surface area contributed by atoms with Crippen molar-refractivity contribution in [3.63, 3.8) is 0 Å². The maximum atomic E-state index is 12.2. The molecule has 1 N–H and O–H groups in total. The molecule has 6 heteroatoms. The second-order valence-electron chi connectivity index (χ2n) is 2.35. The van der Waals surface area contributed by atoms with Crippen molar-refractivity contribution in [1.82, 2.24) is 4.98 Å². The molecular weight excluding hydrogens is 190 g/mol. The van der Waals surface area contributed by atoms with E-state index in [2.05, 4.69) is 4.98 Å². The number of rotatable bonds is 1. The van der Waals surface area contributed by atoms with Crippen LogP contribution in [0.25, 0.3) is 0 Å². The van der Waals surface area contributed by atoms with E-state index in [1.807, 2.05) is 0 Å². The van der Waals surface area contributed by atoms with Gasteiger partial charge in [0.15, 0.2) is 6.10 Å². The molecular formula is C7H5F4NO. The van der Waals surface area contributed by atoms with E-state index >= 15 is 0 Å².